The van der Waals surface area contributed by atoms with Crippen molar-refractivity contribution in [2.24, 2.45) is 0 Å². The molecule has 1 heterocycles. The SMILES string of the molecule is Cc1ccc(NC(=O)Cn2nncc2C)cc1C. The van der Waals surface area contributed by atoms with Gasteiger partial charge in [0.15, 0.2) is 0 Å². The van der Waals surface area contributed by atoms with E-state index in [-0.39, 0.29) is 12.5 Å². The van der Waals surface area contributed by atoms with Gasteiger partial charge in [0, 0.05) is 5.69 Å². The Labute approximate surface area is 106 Å². The summed E-state index contributed by atoms with van der Waals surface area (Å²) in [4.78, 5) is 11.8. The van der Waals surface area contributed by atoms with Crippen LogP contribution in [0.25, 0.3) is 0 Å². The highest BCUT2D eigenvalue weighted by molar-refractivity contribution is 5.90. The Morgan fingerprint density at radius 2 is 2.06 bits per heavy atom. The number of hydrogen-bond donors (Lipinski definition) is 1. The van der Waals surface area contributed by atoms with E-state index in [0.717, 1.165) is 16.9 Å². The molecule has 1 aromatic carbocycles. The first-order valence-electron chi connectivity index (χ1n) is 5.78. The molecule has 94 valence electrons. The smallest absolute Gasteiger partial charge is 0.246 e. The highest BCUT2D eigenvalue weighted by Gasteiger charge is 2.07. The molecule has 0 bridgehead atoms. The van der Waals surface area contributed by atoms with E-state index >= 15 is 0 Å². The summed E-state index contributed by atoms with van der Waals surface area (Å²) >= 11 is 0. The Bertz CT molecular complexity index is 574. The average Bonchev–Trinajstić information content (AvgIpc) is 2.70. The molecule has 0 saturated heterocycles. The predicted octanol–water partition coefficient (Wildman–Crippen LogP) is 1.84. The number of amides is 1. The van der Waals surface area contributed by atoms with Gasteiger partial charge in [-0.15, -0.1) is 5.10 Å². The number of anilines is 1. The maximum absolute atomic E-state index is 11.8. The van der Waals surface area contributed by atoms with E-state index in [0.29, 0.717) is 0 Å². The predicted molar refractivity (Wildman–Crippen MR) is 69.3 cm³/mol. The standard InChI is InChI=1S/C13H16N4O/c1-9-4-5-12(6-10(9)2)15-13(18)8-17-11(3)7-14-16-17/h4-7H,8H2,1-3H3,(H,15,18). The molecule has 18 heavy (non-hydrogen) atoms. The molecular weight excluding hydrogens is 228 g/mol. The van der Waals surface area contributed by atoms with Crippen molar-refractivity contribution in [3.05, 3.63) is 41.2 Å². The van der Waals surface area contributed by atoms with Crippen LogP contribution in [0.2, 0.25) is 0 Å². The van der Waals surface area contributed by atoms with E-state index in [1.54, 1.807) is 10.9 Å². The van der Waals surface area contributed by atoms with Gasteiger partial charge in [-0.1, -0.05) is 11.3 Å². The van der Waals surface area contributed by atoms with Crippen LogP contribution in [0.1, 0.15) is 16.8 Å². The first kappa shape index (κ1) is 12.3. The second kappa shape index (κ2) is 5.00. The lowest BCUT2D eigenvalue weighted by molar-refractivity contribution is -0.117. The number of hydrogen-bond acceptors (Lipinski definition) is 3. The quantitative estimate of drug-likeness (QED) is 0.896. The van der Waals surface area contributed by atoms with Crippen LogP contribution < -0.4 is 5.32 Å². The van der Waals surface area contributed by atoms with Gasteiger partial charge < -0.3 is 5.32 Å². The van der Waals surface area contributed by atoms with Crippen LogP contribution in [-0.2, 0) is 11.3 Å². The topological polar surface area (TPSA) is 59.8 Å². The molecule has 1 N–H and O–H groups in total. The van der Waals surface area contributed by atoms with Crippen LogP contribution in [0.15, 0.2) is 24.4 Å². The first-order chi connectivity index (χ1) is 8.56. The van der Waals surface area contributed by atoms with Crippen molar-refractivity contribution in [2.75, 3.05) is 5.32 Å². The second-order valence-corrected chi connectivity index (χ2v) is 4.38. The Balaban J connectivity index is 2.03. The van der Waals surface area contributed by atoms with Gasteiger partial charge in [-0.25, -0.2) is 4.68 Å². The zero-order valence-corrected chi connectivity index (χ0v) is 10.8. The minimum absolute atomic E-state index is 0.105. The molecule has 2 aromatic rings. The first-order valence-corrected chi connectivity index (χ1v) is 5.78. The number of aryl methyl sites for hydroxylation is 3. The largest absolute Gasteiger partial charge is 0.324 e. The summed E-state index contributed by atoms with van der Waals surface area (Å²) in [6.45, 7) is 6.11. The summed E-state index contributed by atoms with van der Waals surface area (Å²) in [6.07, 6.45) is 1.63. The third-order valence-corrected chi connectivity index (χ3v) is 2.90. The van der Waals surface area contributed by atoms with E-state index in [9.17, 15) is 4.79 Å². The maximum atomic E-state index is 11.8. The Kier molecular flexibility index (Phi) is 3.41. The number of benzene rings is 1. The monoisotopic (exact) mass is 244 g/mol. The van der Waals surface area contributed by atoms with Crippen molar-refractivity contribution in [2.45, 2.75) is 27.3 Å². The molecule has 1 amide bonds. The van der Waals surface area contributed by atoms with Gasteiger partial charge in [-0.3, -0.25) is 4.79 Å². The third-order valence-electron chi connectivity index (χ3n) is 2.90. The fourth-order valence-corrected chi connectivity index (χ4v) is 1.62. The average molecular weight is 244 g/mol. The summed E-state index contributed by atoms with van der Waals surface area (Å²) in [7, 11) is 0. The van der Waals surface area contributed by atoms with Crippen molar-refractivity contribution >= 4 is 11.6 Å². The number of carbonyl (C=O) groups excluding carboxylic acids is 1. The third kappa shape index (κ3) is 2.74. The van der Waals surface area contributed by atoms with Crippen LogP contribution in [0.3, 0.4) is 0 Å². The second-order valence-electron chi connectivity index (χ2n) is 4.38. The van der Waals surface area contributed by atoms with Crippen molar-refractivity contribution in [1.29, 1.82) is 0 Å². The zero-order chi connectivity index (χ0) is 13.1. The highest BCUT2D eigenvalue weighted by atomic mass is 16.2. The fourth-order valence-electron chi connectivity index (χ4n) is 1.62. The maximum Gasteiger partial charge on any atom is 0.246 e. The van der Waals surface area contributed by atoms with Crippen LogP contribution in [0.5, 0.6) is 0 Å². The molecule has 0 spiro atoms. The van der Waals surface area contributed by atoms with Gasteiger partial charge in [-0.05, 0) is 44.0 Å². The van der Waals surface area contributed by atoms with Gasteiger partial charge in [-0.2, -0.15) is 0 Å². The fraction of sp³-hybridized carbons (Fsp3) is 0.308. The lowest BCUT2D eigenvalue weighted by Gasteiger charge is -2.08. The molecule has 0 aliphatic heterocycles. The van der Waals surface area contributed by atoms with E-state index in [1.165, 1.54) is 5.56 Å². The van der Waals surface area contributed by atoms with Gasteiger partial charge in [0.2, 0.25) is 5.91 Å². The van der Waals surface area contributed by atoms with E-state index in [4.69, 9.17) is 0 Å². The van der Waals surface area contributed by atoms with Crippen molar-refractivity contribution in [3.8, 4) is 0 Å². The number of carbonyl (C=O) groups is 1. The summed E-state index contributed by atoms with van der Waals surface area (Å²) in [5, 5.41) is 10.4. The van der Waals surface area contributed by atoms with Gasteiger partial charge in [0.05, 0.1) is 11.9 Å². The Morgan fingerprint density at radius 1 is 1.28 bits per heavy atom. The van der Waals surface area contributed by atoms with Crippen LogP contribution >= 0.6 is 0 Å². The van der Waals surface area contributed by atoms with Crippen LogP contribution in [-0.4, -0.2) is 20.9 Å². The lowest BCUT2D eigenvalue weighted by Crippen LogP contribution is -2.20. The minimum atomic E-state index is -0.105. The number of aromatic nitrogens is 3. The van der Waals surface area contributed by atoms with E-state index < -0.39 is 0 Å². The molecule has 0 saturated carbocycles. The summed E-state index contributed by atoms with van der Waals surface area (Å²) < 4.78 is 1.57. The number of rotatable bonds is 3. The zero-order valence-electron chi connectivity index (χ0n) is 10.8. The molecule has 0 unspecified atom stereocenters. The van der Waals surface area contributed by atoms with Gasteiger partial charge in [0.1, 0.15) is 6.54 Å². The molecule has 0 radical (unpaired) electrons. The Morgan fingerprint density at radius 3 is 2.67 bits per heavy atom. The van der Waals surface area contributed by atoms with Crippen molar-refractivity contribution < 1.29 is 4.79 Å². The van der Waals surface area contributed by atoms with E-state index in [2.05, 4.69) is 15.6 Å². The molecule has 1 aromatic heterocycles. The van der Waals surface area contributed by atoms with E-state index in [1.807, 2.05) is 39.0 Å². The molecule has 0 atom stereocenters. The molecule has 5 nitrogen and oxygen atoms in total. The summed E-state index contributed by atoms with van der Waals surface area (Å²) in [5.41, 5.74) is 4.04. The summed E-state index contributed by atoms with van der Waals surface area (Å²) in [5.74, 6) is -0.105. The highest BCUT2D eigenvalue weighted by Crippen LogP contribution is 2.14. The minimum Gasteiger partial charge on any atom is -0.324 e. The lowest BCUT2D eigenvalue weighted by atomic mass is 10.1. The normalized spacial score (nSPS) is 10.4. The van der Waals surface area contributed by atoms with Crippen molar-refractivity contribution in [3.63, 3.8) is 0 Å². The molecular formula is C13H16N4O. The van der Waals surface area contributed by atoms with Gasteiger partial charge in [0.25, 0.3) is 0 Å². The van der Waals surface area contributed by atoms with Crippen LogP contribution in [0, 0.1) is 20.8 Å². The molecule has 2 rings (SSSR count). The Hall–Kier alpha value is -2.17. The van der Waals surface area contributed by atoms with Crippen LogP contribution in [0.4, 0.5) is 5.69 Å². The number of nitrogens with one attached hydrogen (secondary N) is 1. The van der Waals surface area contributed by atoms with Gasteiger partial charge >= 0.3 is 0 Å². The van der Waals surface area contributed by atoms with Crippen molar-refractivity contribution in [1.82, 2.24) is 15.0 Å². The number of nitrogens with zero attached hydrogens (tertiary/aromatic N) is 3. The molecule has 0 aliphatic rings. The molecule has 0 fully saturated rings. The molecule has 5 heteroatoms. The molecule has 0 aliphatic carbocycles. The summed E-state index contributed by atoms with van der Waals surface area (Å²) in [6, 6.07) is 5.85.